The van der Waals surface area contributed by atoms with Crippen molar-refractivity contribution in [2.24, 2.45) is 0 Å². The molecule has 0 bridgehead atoms. The van der Waals surface area contributed by atoms with Crippen LogP contribution in [0.25, 0.3) is 11.4 Å². The van der Waals surface area contributed by atoms with E-state index in [0.717, 1.165) is 40.0 Å². The minimum Gasteiger partial charge on any atom is -0.324 e. The van der Waals surface area contributed by atoms with Gasteiger partial charge in [-0.3, -0.25) is 9.36 Å². The Balaban J connectivity index is 1.59. The number of aromatic nitrogens is 3. The summed E-state index contributed by atoms with van der Waals surface area (Å²) in [6.45, 7) is 1.91. The molecule has 1 aliphatic carbocycles. The van der Waals surface area contributed by atoms with Crippen LogP contribution in [0.4, 0.5) is 5.69 Å². The van der Waals surface area contributed by atoms with Gasteiger partial charge in [-0.15, -0.1) is 22.0 Å². The van der Waals surface area contributed by atoms with Crippen LogP contribution in [0.15, 0.2) is 58.6 Å². The molecule has 1 aromatic heterocycles. The van der Waals surface area contributed by atoms with Crippen LogP contribution >= 0.6 is 35.1 Å². The summed E-state index contributed by atoms with van der Waals surface area (Å²) in [4.78, 5) is 14.0. The lowest BCUT2D eigenvalue weighted by Gasteiger charge is -2.19. The van der Waals surface area contributed by atoms with Gasteiger partial charge in [0.1, 0.15) is 0 Å². The lowest BCUT2D eigenvalue weighted by Crippen LogP contribution is -2.23. The number of amides is 1. The van der Waals surface area contributed by atoms with E-state index in [1.54, 1.807) is 11.8 Å². The molecule has 1 heterocycles. The van der Waals surface area contributed by atoms with Gasteiger partial charge in [0.25, 0.3) is 0 Å². The molecule has 1 unspecified atom stereocenters. The Morgan fingerprint density at radius 3 is 2.58 bits per heavy atom. The van der Waals surface area contributed by atoms with Crippen LogP contribution < -0.4 is 5.32 Å². The van der Waals surface area contributed by atoms with Gasteiger partial charge in [0.2, 0.25) is 5.91 Å². The van der Waals surface area contributed by atoms with Crippen molar-refractivity contribution in [3.05, 3.63) is 53.6 Å². The number of nitrogens with one attached hydrogen (secondary N) is 1. The van der Waals surface area contributed by atoms with Gasteiger partial charge in [0.05, 0.1) is 16.0 Å². The van der Waals surface area contributed by atoms with Crippen LogP contribution in [0.5, 0.6) is 0 Å². The standard InChI is InChI=1S/C23H25ClN4OS2/c1-15(22(29)25-19-13-7-8-14-20(19)30-2)31-23-27-26-21(17-11-5-6-12-18(17)24)28(23)16-9-3-4-10-16/h5-8,11-16H,3-4,9-10H2,1-2H3,(H,25,29). The van der Waals surface area contributed by atoms with Crippen molar-refractivity contribution in [3.63, 3.8) is 0 Å². The summed E-state index contributed by atoms with van der Waals surface area (Å²) in [6.07, 6.45) is 6.56. The zero-order valence-electron chi connectivity index (χ0n) is 17.5. The Morgan fingerprint density at radius 1 is 1.13 bits per heavy atom. The van der Waals surface area contributed by atoms with Gasteiger partial charge in [-0.1, -0.05) is 60.5 Å². The van der Waals surface area contributed by atoms with Crippen molar-refractivity contribution in [1.29, 1.82) is 0 Å². The summed E-state index contributed by atoms with van der Waals surface area (Å²) in [5.41, 5.74) is 1.71. The number of hydrogen-bond acceptors (Lipinski definition) is 5. The molecule has 1 amide bonds. The van der Waals surface area contributed by atoms with E-state index in [2.05, 4.69) is 20.1 Å². The third-order valence-corrected chi connectivity index (χ3v) is 7.67. The summed E-state index contributed by atoms with van der Waals surface area (Å²) >= 11 is 9.53. The van der Waals surface area contributed by atoms with E-state index in [0.29, 0.717) is 11.1 Å². The smallest absolute Gasteiger partial charge is 0.237 e. The fraction of sp³-hybridized carbons (Fsp3) is 0.348. The maximum Gasteiger partial charge on any atom is 0.237 e. The molecule has 1 saturated carbocycles. The number of para-hydroxylation sites is 1. The van der Waals surface area contributed by atoms with Crippen molar-refractivity contribution in [2.45, 2.75) is 54.0 Å². The molecule has 31 heavy (non-hydrogen) atoms. The number of anilines is 1. The highest BCUT2D eigenvalue weighted by Gasteiger charge is 2.28. The third kappa shape index (κ3) is 4.94. The van der Waals surface area contributed by atoms with E-state index in [-0.39, 0.29) is 11.2 Å². The summed E-state index contributed by atoms with van der Waals surface area (Å²) in [7, 11) is 0. The van der Waals surface area contributed by atoms with Gasteiger partial charge in [-0.25, -0.2) is 0 Å². The lowest BCUT2D eigenvalue weighted by atomic mass is 10.2. The molecule has 162 valence electrons. The molecule has 0 aliphatic heterocycles. The minimum absolute atomic E-state index is 0.0493. The second-order valence-corrected chi connectivity index (χ2v) is 10.1. The first-order valence-electron chi connectivity index (χ1n) is 10.4. The van der Waals surface area contributed by atoms with Gasteiger partial charge in [-0.05, 0) is 50.3 Å². The topological polar surface area (TPSA) is 59.8 Å². The van der Waals surface area contributed by atoms with Gasteiger partial charge >= 0.3 is 0 Å². The molecule has 1 N–H and O–H groups in total. The number of carbonyl (C=O) groups is 1. The van der Waals surface area contributed by atoms with E-state index >= 15 is 0 Å². The van der Waals surface area contributed by atoms with E-state index < -0.39 is 0 Å². The first kappa shape index (κ1) is 22.2. The SMILES string of the molecule is CSc1ccccc1NC(=O)C(C)Sc1nnc(-c2ccccc2Cl)n1C1CCCC1. The number of carbonyl (C=O) groups excluding carboxylic acids is 1. The van der Waals surface area contributed by atoms with Crippen molar-refractivity contribution >= 4 is 46.7 Å². The van der Waals surface area contributed by atoms with Crippen LogP contribution in [0.1, 0.15) is 38.6 Å². The predicted octanol–water partition coefficient (Wildman–Crippen LogP) is 6.55. The Hall–Kier alpha value is -1.96. The highest BCUT2D eigenvalue weighted by Crippen LogP contribution is 2.39. The average Bonchev–Trinajstić information content (AvgIpc) is 3.44. The Bertz CT molecular complexity index is 1070. The minimum atomic E-state index is -0.321. The first-order valence-corrected chi connectivity index (χ1v) is 12.9. The average molecular weight is 473 g/mol. The lowest BCUT2D eigenvalue weighted by molar-refractivity contribution is -0.115. The summed E-state index contributed by atoms with van der Waals surface area (Å²) in [5.74, 6) is 0.729. The Morgan fingerprint density at radius 2 is 1.84 bits per heavy atom. The summed E-state index contributed by atoms with van der Waals surface area (Å²) in [6, 6.07) is 15.9. The van der Waals surface area contributed by atoms with Crippen LogP contribution in [0.3, 0.4) is 0 Å². The molecule has 5 nitrogen and oxygen atoms in total. The third-order valence-electron chi connectivity index (χ3n) is 5.49. The molecule has 1 atom stereocenters. The van der Waals surface area contributed by atoms with Gasteiger partial charge in [0, 0.05) is 16.5 Å². The number of halogens is 1. The molecule has 8 heteroatoms. The number of hydrogen-bond donors (Lipinski definition) is 1. The highest BCUT2D eigenvalue weighted by atomic mass is 35.5. The van der Waals surface area contributed by atoms with Crippen LogP contribution in [0.2, 0.25) is 5.02 Å². The number of rotatable bonds is 7. The zero-order chi connectivity index (χ0) is 21.8. The Labute approximate surface area is 196 Å². The summed E-state index contributed by atoms with van der Waals surface area (Å²) < 4.78 is 2.19. The van der Waals surface area contributed by atoms with Gasteiger partial charge in [-0.2, -0.15) is 0 Å². The van der Waals surface area contributed by atoms with Crippen LogP contribution in [0, 0.1) is 0 Å². The quantitative estimate of drug-likeness (QED) is 0.395. The molecule has 2 aromatic carbocycles. The second-order valence-electron chi connectivity index (χ2n) is 7.54. The molecule has 3 aromatic rings. The first-order chi connectivity index (χ1) is 15.1. The van der Waals surface area contributed by atoms with E-state index in [4.69, 9.17) is 11.6 Å². The molecular formula is C23H25ClN4OS2. The molecule has 1 aliphatic rings. The van der Waals surface area contributed by atoms with Crippen LogP contribution in [-0.4, -0.2) is 32.2 Å². The molecule has 0 radical (unpaired) electrons. The summed E-state index contributed by atoms with van der Waals surface area (Å²) in [5, 5.41) is 13.1. The monoisotopic (exact) mass is 472 g/mol. The molecule has 0 saturated heterocycles. The molecular weight excluding hydrogens is 448 g/mol. The fourth-order valence-electron chi connectivity index (χ4n) is 3.87. The van der Waals surface area contributed by atoms with Crippen molar-refractivity contribution < 1.29 is 4.79 Å². The number of nitrogens with zero attached hydrogens (tertiary/aromatic N) is 3. The predicted molar refractivity (Wildman–Crippen MR) is 130 cm³/mol. The molecule has 0 spiro atoms. The zero-order valence-corrected chi connectivity index (χ0v) is 19.9. The van der Waals surface area contributed by atoms with E-state index in [1.807, 2.05) is 61.7 Å². The fourth-order valence-corrected chi connectivity index (χ4v) is 5.56. The largest absolute Gasteiger partial charge is 0.324 e. The van der Waals surface area contributed by atoms with E-state index in [9.17, 15) is 4.79 Å². The van der Waals surface area contributed by atoms with Gasteiger partial charge in [0.15, 0.2) is 11.0 Å². The Kier molecular flexibility index (Phi) is 7.25. The van der Waals surface area contributed by atoms with Crippen LogP contribution in [-0.2, 0) is 4.79 Å². The van der Waals surface area contributed by atoms with Crippen molar-refractivity contribution in [3.8, 4) is 11.4 Å². The maximum absolute atomic E-state index is 12.9. The number of benzene rings is 2. The normalized spacial score (nSPS) is 15.2. The second kappa shape index (κ2) is 10.1. The number of thioether (sulfide) groups is 2. The highest BCUT2D eigenvalue weighted by molar-refractivity contribution is 8.00. The maximum atomic E-state index is 12.9. The molecule has 4 rings (SSSR count). The van der Waals surface area contributed by atoms with Gasteiger partial charge < -0.3 is 5.32 Å². The van der Waals surface area contributed by atoms with Crippen molar-refractivity contribution in [2.75, 3.05) is 11.6 Å². The molecule has 1 fully saturated rings. The van der Waals surface area contributed by atoms with E-state index in [1.165, 1.54) is 24.6 Å². The van der Waals surface area contributed by atoms with Crippen molar-refractivity contribution in [1.82, 2.24) is 14.8 Å².